The summed E-state index contributed by atoms with van der Waals surface area (Å²) in [6.07, 6.45) is 10.8. The van der Waals surface area contributed by atoms with Gasteiger partial charge in [-0.1, -0.05) is 47.5 Å². The number of benzene rings is 1. The van der Waals surface area contributed by atoms with Gasteiger partial charge >= 0.3 is 0 Å². The second-order valence-electron chi connectivity index (χ2n) is 6.33. The van der Waals surface area contributed by atoms with Crippen LogP contribution >= 0.6 is 11.6 Å². The number of fused-ring (bicyclic) bond motifs is 1. The van der Waals surface area contributed by atoms with Gasteiger partial charge in [-0.05, 0) is 56.4 Å². The van der Waals surface area contributed by atoms with Crippen LogP contribution in [-0.2, 0) is 13.5 Å². The summed E-state index contributed by atoms with van der Waals surface area (Å²) in [6.45, 7) is 2.15. The summed E-state index contributed by atoms with van der Waals surface area (Å²) < 4.78 is 2.11. The standard InChI is InChI=1S/C21H23ClN2/c1-16-8-7-10-17(12-16)9-5-3-4-6-11-20-14-18-13-19(22)15-23-21(18)24(20)2/h6-8,10-15H,3-5,9H2,1-2H3/b11-6+. The fourth-order valence-electron chi connectivity index (χ4n) is 3.04. The molecular formula is C21H23ClN2. The monoisotopic (exact) mass is 338 g/mol. The molecule has 0 saturated heterocycles. The maximum Gasteiger partial charge on any atom is 0.140 e. The third-order valence-corrected chi connectivity index (χ3v) is 4.53. The molecule has 0 atom stereocenters. The molecule has 0 amide bonds. The molecule has 2 heterocycles. The molecular weight excluding hydrogens is 316 g/mol. The largest absolute Gasteiger partial charge is 0.329 e. The SMILES string of the molecule is Cc1cccc(CCCC/C=C/c2cc3cc(Cl)cnc3n2C)c1. The molecule has 0 radical (unpaired) electrons. The lowest BCUT2D eigenvalue weighted by molar-refractivity contribution is 0.748. The number of aryl methyl sites for hydroxylation is 3. The first-order valence-electron chi connectivity index (χ1n) is 8.46. The van der Waals surface area contributed by atoms with E-state index in [4.69, 9.17) is 11.6 Å². The lowest BCUT2D eigenvalue weighted by Crippen LogP contribution is -1.91. The Balaban J connectivity index is 1.52. The zero-order valence-corrected chi connectivity index (χ0v) is 15.1. The van der Waals surface area contributed by atoms with Gasteiger partial charge < -0.3 is 4.57 Å². The Morgan fingerprint density at radius 1 is 1.17 bits per heavy atom. The first kappa shape index (κ1) is 16.8. The summed E-state index contributed by atoms with van der Waals surface area (Å²) >= 11 is 6.01. The van der Waals surface area contributed by atoms with Crippen LogP contribution in [-0.4, -0.2) is 9.55 Å². The fraction of sp³-hybridized carbons (Fsp3) is 0.286. The zero-order valence-electron chi connectivity index (χ0n) is 14.3. The molecule has 0 fully saturated rings. The number of hydrogen-bond acceptors (Lipinski definition) is 1. The van der Waals surface area contributed by atoms with Crippen molar-refractivity contribution in [2.75, 3.05) is 0 Å². The van der Waals surface area contributed by atoms with E-state index >= 15 is 0 Å². The summed E-state index contributed by atoms with van der Waals surface area (Å²) in [5, 5.41) is 1.77. The van der Waals surface area contributed by atoms with Gasteiger partial charge in [-0.25, -0.2) is 4.98 Å². The first-order valence-corrected chi connectivity index (χ1v) is 8.84. The van der Waals surface area contributed by atoms with Gasteiger partial charge in [0.25, 0.3) is 0 Å². The molecule has 0 saturated carbocycles. The van der Waals surface area contributed by atoms with Gasteiger partial charge in [0.15, 0.2) is 0 Å². The van der Waals surface area contributed by atoms with Crippen LogP contribution in [0.1, 0.15) is 36.1 Å². The van der Waals surface area contributed by atoms with Crippen molar-refractivity contribution in [1.82, 2.24) is 9.55 Å². The molecule has 3 aromatic rings. The number of hydrogen-bond donors (Lipinski definition) is 0. The Labute approximate surface area is 148 Å². The van der Waals surface area contributed by atoms with Crippen LogP contribution in [0.25, 0.3) is 17.1 Å². The third-order valence-electron chi connectivity index (χ3n) is 4.33. The Kier molecular flexibility index (Phi) is 5.37. The highest BCUT2D eigenvalue weighted by molar-refractivity contribution is 6.31. The van der Waals surface area contributed by atoms with E-state index in [0.717, 1.165) is 23.9 Å². The lowest BCUT2D eigenvalue weighted by Gasteiger charge is -2.02. The summed E-state index contributed by atoms with van der Waals surface area (Å²) in [6, 6.07) is 12.9. The predicted octanol–water partition coefficient (Wildman–Crippen LogP) is 5.96. The molecule has 124 valence electrons. The molecule has 3 heteroatoms. The van der Waals surface area contributed by atoms with Crippen molar-refractivity contribution in [2.45, 2.75) is 32.6 Å². The van der Waals surface area contributed by atoms with Gasteiger partial charge in [-0.3, -0.25) is 0 Å². The molecule has 0 bridgehead atoms. The van der Waals surface area contributed by atoms with E-state index in [1.807, 2.05) is 13.1 Å². The predicted molar refractivity (Wildman–Crippen MR) is 103 cm³/mol. The Bertz CT molecular complexity index is 861. The molecule has 2 nitrogen and oxygen atoms in total. The molecule has 0 aliphatic carbocycles. The molecule has 0 aliphatic heterocycles. The Morgan fingerprint density at radius 2 is 2.04 bits per heavy atom. The zero-order chi connectivity index (χ0) is 16.9. The van der Waals surface area contributed by atoms with Crippen LogP contribution in [0.2, 0.25) is 5.02 Å². The number of halogens is 1. The molecule has 0 spiro atoms. The Morgan fingerprint density at radius 3 is 2.88 bits per heavy atom. The normalized spacial score (nSPS) is 11.6. The van der Waals surface area contributed by atoms with E-state index in [1.165, 1.54) is 29.7 Å². The highest BCUT2D eigenvalue weighted by Crippen LogP contribution is 2.21. The summed E-state index contributed by atoms with van der Waals surface area (Å²) in [5.74, 6) is 0. The minimum absolute atomic E-state index is 0.680. The number of unbranched alkanes of at least 4 members (excludes halogenated alkanes) is 2. The van der Waals surface area contributed by atoms with Crippen molar-refractivity contribution in [3.8, 4) is 0 Å². The van der Waals surface area contributed by atoms with E-state index < -0.39 is 0 Å². The van der Waals surface area contributed by atoms with Crippen LogP contribution < -0.4 is 0 Å². The van der Waals surface area contributed by atoms with Crippen molar-refractivity contribution in [1.29, 1.82) is 0 Å². The maximum absolute atomic E-state index is 6.01. The molecule has 0 aliphatic rings. The third kappa shape index (κ3) is 4.07. The van der Waals surface area contributed by atoms with E-state index in [-0.39, 0.29) is 0 Å². The van der Waals surface area contributed by atoms with Crippen molar-refractivity contribution in [3.05, 3.63) is 70.5 Å². The number of aromatic nitrogens is 2. The molecule has 3 rings (SSSR count). The molecule has 1 aromatic carbocycles. The second-order valence-corrected chi connectivity index (χ2v) is 6.77. The van der Waals surface area contributed by atoms with E-state index in [9.17, 15) is 0 Å². The minimum Gasteiger partial charge on any atom is -0.329 e. The molecule has 24 heavy (non-hydrogen) atoms. The lowest BCUT2D eigenvalue weighted by atomic mass is 10.0. The topological polar surface area (TPSA) is 17.8 Å². The molecule has 0 unspecified atom stereocenters. The quantitative estimate of drug-likeness (QED) is 0.507. The second kappa shape index (κ2) is 7.67. The number of allylic oxidation sites excluding steroid dienone is 1. The van der Waals surface area contributed by atoms with Gasteiger partial charge in [0, 0.05) is 24.3 Å². The summed E-state index contributed by atoms with van der Waals surface area (Å²) in [4.78, 5) is 4.40. The van der Waals surface area contributed by atoms with Gasteiger partial charge in [0.05, 0.1) is 5.02 Å². The van der Waals surface area contributed by atoms with E-state index in [1.54, 1.807) is 6.20 Å². The van der Waals surface area contributed by atoms with Crippen LogP contribution in [0.3, 0.4) is 0 Å². The van der Waals surface area contributed by atoms with Gasteiger partial charge in [0.1, 0.15) is 5.65 Å². The van der Waals surface area contributed by atoms with Crippen molar-refractivity contribution in [2.24, 2.45) is 7.05 Å². The smallest absolute Gasteiger partial charge is 0.140 e. The van der Waals surface area contributed by atoms with Crippen LogP contribution in [0.4, 0.5) is 0 Å². The van der Waals surface area contributed by atoms with Crippen molar-refractivity contribution < 1.29 is 0 Å². The molecule has 2 aromatic heterocycles. The number of pyridine rings is 1. The highest BCUT2D eigenvalue weighted by atomic mass is 35.5. The first-order chi connectivity index (χ1) is 11.6. The van der Waals surface area contributed by atoms with Crippen LogP contribution in [0.5, 0.6) is 0 Å². The van der Waals surface area contributed by atoms with Crippen molar-refractivity contribution in [3.63, 3.8) is 0 Å². The molecule has 0 N–H and O–H groups in total. The van der Waals surface area contributed by atoms with Gasteiger partial charge in [-0.15, -0.1) is 0 Å². The highest BCUT2D eigenvalue weighted by Gasteiger charge is 2.04. The van der Waals surface area contributed by atoms with Crippen molar-refractivity contribution >= 4 is 28.7 Å². The van der Waals surface area contributed by atoms with E-state index in [0.29, 0.717) is 5.02 Å². The average molecular weight is 339 g/mol. The number of nitrogens with zero attached hydrogens (tertiary/aromatic N) is 2. The average Bonchev–Trinajstić information content (AvgIpc) is 2.86. The van der Waals surface area contributed by atoms with Gasteiger partial charge in [-0.2, -0.15) is 0 Å². The summed E-state index contributed by atoms with van der Waals surface area (Å²) in [7, 11) is 2.04. The number of rotatable bonds is 6. The van der Waals surface area contributed by atoms with Gasteiger partial charge in [0.2, 0.25) is 0 Å². The summed E-state index contributed by atoms with van der Waals surface area (Å²) in [5.41, 5.74) is 4.92. The Hall–Kier alpha value is -2.06. The maximum atomic E-state index is 6.01. The van der Waals surface area contributed by atoms with E-state index in [2.05, 4.69) is 59.0 Å². The minimum atomic E-state index is 0.680. The fourth-order valence-corrected chi connectivity index (χ4v) is 3.20. The van der Waals surface area contributed by atoms with Crippen LogP contribution in [0, 0.1) is 6.92 Å². The van der Waals surface area contributed by atoms with Crippen LogP contribution in [0.15, 0.2) is 48.7 Å².